The Hall–Kier alpha value is -1.22. The molecule has 0 aromatic heterocycles. The highest BCUT2D eigenvalue weighted by Crippen LogP contribution is 2.30. The van der Waals surface area contributed by atoms with E-state index in [0.717, 1.165) is 18.6 Å². The smallest absolute Gasteiger partial charge is 0.119 e. The summed E-state index contributed by atoms with van der Waals surface area (Å²) in [5.41, 5.74) is 2.45. The van der Waals surface area contributed by atoms with Crippen LogP contribution in [-0.2, 0) is 6.42 Å². The van der Waals surface area contributed by atoms with Crippen LogP contribution in [0, 0.1) is 0 Å². The first kappa shape index (κ1) is 9.34. The topological polar surface area (TPSA) is 41.5 Å². The Bertz CT molecular complexity index is 325. The van der Waals surface area contributed by atoms with E-state index in [4.69, 9.17) is 9.84 Å². The first-order chi connectivity index (χ1) is 6.83. The molecule has 2 rings (SSSR count). The van der Waals surface area contributed by atoms with E-state index in [0.29, 0.717) is 6.04 Å². The molecular formula is C11H15NO2. The minimum Gasteiger partial charge on any atom is -0.497 e. The SMILES string of the molecule is COc1ccc2c(c1)CC(CCO)N2. The molecule has 0 saturated heterocycles. The fraction of sp³-hybridized carbons (Fsp3) is 0.455. The van der Waals surface area contributed by atoms with Gasteiger partial charge in [-0.2, -0.15) is 0 Å². The molecule has 76 valence electrons. The highest BCUT2D eigenvalue weighted by Gasteiger charge is 2.19. The van der Waals surface area contributed by atoms with Gasteiger partial charge >= 0.3 is 0 Å². The second kappa shape index (κ2) is 3.88. The van der Waals surface area contributed by atoms with E-state index in [2.05, 4.69) is 11.4 Å². The number of hydrogen-bond donors (Lipinski definition) is 2. The van der Waals surface area contributed by atoms with Crippen molar-refractivity contribution in [3.05, 3.63) is 23.8 Å². The Morgan fingerprint density at radius 2 is 2.43 bits per heavy atom. The standard InChI is InChI=1S/C11H15NO2/c1-14-10-2-3-11-8(7-10)6-9(12-11)4-5-13/h2-3,7,9,12-13H,4-6H2,1H3. The number of benzene rings is 1. The number of aliphatic hydroxyl groups is 1. The maximum atomic E-state index is 8.84. The number of anilines is 1. The van der Waals surface area contributed by atoms with Crippen molar-refractivity contribution in [1.82, 2.24) is 0 Å². The van der Waals surface area contributed by atoms with Gasteiger partial charge in [0.15, 0.2) is 0 Å². The molecule has 2 N–H and O–H groups in total. The lowest BCUT2D eigenvalue weighted by Gasteiger charge is -2.07. The van der Waals surface area contributed by atoms with E-state index < -0.39 is 0 Å². The first-order valence-electron chi connectivity index (χ1n) is 4.88. The highest BCUT2D eigenvalue weighted by molar-refractivity contribution is 5.59. The van der Waals surface area contributed by atoms with Crippen LogP contribution in [0.1, 0.15) is 12.0 Å². The second-order valence-corrected chi connectivity index (χ2v) is 3.58. The number of methoxy groups -OCH3 is 1. The third-order valence-electron chi connectivity index (χ3n) is 2.62. The summed E-state index contributed by atoms with van der Waals surface area (Å²) in [5.74, 6) is 0.898. The van der Waals surface area contributed by atoms with E-state index in [-0.39, 0.29) is 6.61 Å². The van der Waals surface area contributed by atoms with Crippen molar-refractivity contribution in [2.24, 2.45) is 0 Å². The Morgan fingerprint density at radius 1 is 1.57 bits per heavy atom. The van der Waals surface area contributed by atoms with Crippen LogP contribution < -0.4 is 10.1 Å². The van der Waals surface area contributed by atoms with Crippen LogP contribution in [-0.4, -0.2) is 24.9 Å². The molecule has 0 fully saturated rings. The molecule has 3 nitrogen and oxygen atoms in total. The van der Waals surface area contributed by atoms with Crippen molar-refractivity contribution in [2.45, 2.75) is 18.9 Å². The van der Waals surface area contributed by atoms with Gasteiger partial charge < -0.3 is 15.2 Å². The van der Waals surface area contributed by atoms with Gasteiger partial charge in [0.2, 0.25) is 0 Å². The van der Waals surface area contributed by atoms with Gasteiger partial charge in [-0.05, 0) is 36.6 Å². The summed E-state index contributed by atoms with van der Waals surface area (Å²) in [4.78, 5) is 0. The molecule has 1 aliphatic rings. The zero-order valence-corrected chi connectivity index (χ0v) is 8.29. The number of fused-ring (bicyclic) bond motifs is 1. The van der Waals surface area contributed by atoms with E-state index in [1.54, 1.807) is 7.11 Å². The van der Waals surface area contributed by atoms with E-state index in [9.17, 15) is 0 Å². The molecule has 1 unspecified atom stereocenters. The molecule has 0 saturated carbocycles. The summed E-state index contributed by atoms with van der Waals surface area (Å²) in [6.07, 6.45) is 1.78. The molecule has 14 heavy (non-hydrogen) atoms. The summed E-state index contributed by atoms with van der Waals surface area (Å²) >= 11 is 0. The van der Waals surface area contributed by atoms with Crippen LogP contribution in [0.2, 0.25) is 0 Å². The van der Waals surface area contributed by atoms with Crippen LogP contribution >= 0.6 is 0 Å². The fourth-order valence-electron chi connectivity index (χ4n) is 1.87. The maximum Gasteiger partial charge on any atom is 0.119 e. The summed E-state index contributed by atoms with van der Waals surface area (Å²) < 4.78 is 5.16. The molecule has 0 bridgehead atoms. The fourth-order valence-corrected chi connectivity index (χ4v) is 1.87. The second-order valence-electron chi connectivity index (χ2n) is 3.58. The zero-order chi connectivity index (χ0) is 9.97. The van der Waals surface area contributed by atoms with Gasteiger partial charge in [-0.3, -0.25) is 0 Å². The van der Waals surface area contributed by atoms with Gasteiger partial charge in [0, 0.05) is 18.3 Å². The van der Waals surface area contributed by atoms with Gasteiger partial charge in [0.1, 0.15) is 5.75 Å². The number of ether oxygens (including phenoxy) is 1. The van der Waals surface area contributed by atoms with Crippen molar-refractivity contribution < 1.29 is 9.84 Å². The normalized spacial score (nSPS) is 18.9. The molecule has 0 aliphatic carbocycles. The van der Waals surface area contributed by atoms with Crippen molar-refractivity contribution in [3.63, 3.8) is 0 Å². The lowest BCUT2D eigenvalue weighted by atomic mass is 10.1. The van der Waals surface area contributed by atoms with Gasteiger partial charge in [-0.15, -0.1) is 0 Å². The molecule has 1 atom stereocenters. The summed E-state index contributed by atoms with van der Waals surface area (Å²) in [5, 5.41) is 12.2. The lowest BCUT2D eigenvalue weighted by Crippen LogP contribution is -2.16. The number of aliphatic hydroxyl groups excluding tert-OH is 1. The molecule has 1 aliphatic heterocycles. The average molecular weight is 193 g/mol. The Morgan fingerprint density at radius 3 is 3.14 bits per heavy atom. The van der Waals surface area contributed by atoms with Crippen LogP contribution in [0.5, 0.6) is 5.75 Å². The summed E-state index contributed by atoms with van der Waals surface area (Å²) in [6, 6.07) is 6.42. The number of hydrogen-bond acceptors (Lipinski definition) is 3. The van der Waals surface area contributed by atoms with Crippen LogP contribution in [0.3, 0.4) is 0 Å². The molecule has 0 spiro atoms. The van der Waals surface area contributed by atoms with Crippen LogP contribution in [0.25, 0.3) is 0 Å². The number of nitrogens with one attached hydrogen (secondary N) is 1. The minimum atomic E-state index is 0.239. The van der Waals surface area contributed by atoms with E-state index in [1.165, 1.54) is 11.3 Å². The molecule has 0 radical (unpaired) electrons. The van der Waals surface area contributed by atoms with E-state index in [1.807, 2.05) is 12.1 Å². The molecular weight excluding hydrogens is 178 g/mol. The van der Waals surface area contributed by atoms with Crippen LogP contribution in [0.15, 0.2) is 18.2 Å². The Balaban J connectivity index is 2.14. The Labute approximate surface area is 83.7 Å². The summed E-state index contributed by atoms with van der Waals surface area (Å²) in [7, 11) is 1.68. The predicted molar refractivity (Wildman–Crippen MR) is 55.8 cm³/mol. The Kier molecular flexibility index (Phi) is 2.59. The number of rotatable bonds is 3. The van der Waals surface area contributed by atoms with Gasteiger partial charge in [-0.25, -0.2) is 0 Å². The van der Waals surface area contributed by atoms with Gasteiger partial charge in [0.25, 0.3) is 0 Å². The van der Waals surface area contributed by atoms with Crippen LogP contribution in [0.4, 0.5) is 5.69 Å². The lowest BCUT2D eigenvalue weighted by molar-refractivity contribution is 0.280. The average Bonchev–Trinajstić information content (AvgIpc) is 2.59. The molecule has 3 heteroatoms. The molecule has 1 aromatic rings. The third kappa shape index (κ3) is 1.68. The minimum absolute atomic E-state index is 0.239. The highest BCUT2D eigenvalue weighted by atomic mass is 16.5. The third-order valence-corrected chi connectivity index (χ3v) is 2.62. The zero-order valence-electron chi connectivity index (χ0n) is 8.29. The van der Waals surface area contributed by atoms with E-state index >= 15 is 0 Å². The van der Waals surface area contributed by atoms with Crippen molar-refractivity contribution in [3.8, 4) is 5.75 Å². The maximum absolute atomic E-state index is 8.84. The molecule has 1 aromatic carbocycles. The van der Waals surface area contributed by atoms with Crippen molar-refractivity contribution in [1.29, 1.82) is 0 Å². The monoisotopic (exact) mass is 193 g/mol. The molecule has 0 amide bonds. The molecule has 1 heterocycles. The van der Waals surface area contributed by atoms with Crippen molar-refractivity contribution in [2.75, 3.05) is 19.0 Å². The quantitative estimate of drug-likeness (QED) is 0.762. The summed E-state index contributed by atoms with van der Waals surface area (Å²) in [6.45, 7) is 0.239. The van der Waals surface area contributed by atoms with Gasteiger partial charge in [-0.1, -0.05) is 0 Å². The predicted octanol–water partition coefficient (Wildman–Crippen LogP) is 1.41. The first-order valence-corrected chi connectivity index (χ1v) is 4.88. The largest absolute Gasteiger partial charge is 0.497 e. The van der Waals surface area contributed by atoms with Gasteiger partial charge in [0.05, 0.1) is 7.11 Å². The van der Waals surface area contributed by atoms with Crippen molar-refractivity contribution >= 4 is 5.69 Å².